The average Bonchev–Trinajstić information content (AvgIpc) is 2.44. The molecule has 2 atom stereocenters. The zero-order chi connectivity index (χ0) is 15.8. The summed E-state index contributed by atoms with van der Waals surface area (Å²) in [5.74, 6) is -0.00397. The Morgan fingerprint density at radius 1 is 1.19 bits per heavy atom. The molecule has 6 heteroatoms. The topological polar surface area (TPSA) is 96.2 Å². The number of nitrogens with one attached hydrogen (secondary N) is 3. The summed E-state index contributed by atoms with van der Waals surface area (Å²) >= 11 is 0. The monoisotopic (exact) mass is 292 g/mol. The zero-order valence-corrected chi connectivity index (χ0v) is 12.8. The van der Waals surface area contributed by atoms with Crippen molar-refractivity contribution < 1.29 is 9.59 Å². The van der Waals surface area contributed by atoms with Crippen molar-refractivity contribution in [1.82, 2.24) is 10.6 Å². The third-order valence-corrected chi connectivity index (χ3v) is 3.12. The Morgan fingerprint density at radius 2 is 1.81 bits per heavy atom. The van der Waals surface area contributed by atoms with Gasteiger partial charge in [-0.15, -0.1) is 0 Å². The van der Waals surface area contributed by atoms with Gasteiger partial charge < -0.3 is 16.4 Å². The van der Waals surface area contributed by atoms with Gasteiger partial charge in [0.2, 0.25) is 5.91 Å². The molecule has 3 amide bonds. The Morgan fingerprint density at radius 3 is 2.33 bits per heavy atom. The number of nitrogens with two attached hydrogens (primary N) is 1. The lowest BCUT2D eigenvalue weighted by Gasteiger charge is -2.20. The number of carbonyl (C=O) groups is 2. The van der Waals surface area contributed by atoms with Crippen LogP contribution in [0.25, 0.3) is 0 Å². The van der Waals surface area contributed by atoms with E-state index in [-0.39, 0.29) is 18.0 Å². The number of urea groups is 1. The Labute approximate surface area is 125 Å². The van der Waals surface area contributed by atoms with E-state index in [2.05, 4.69) is 16.0 Å². The summed E-state index contributed by atoms with van der Waals surface area (Å²) in [6.07, 6.45) is 0.919. The van der Waals surface area contributed by atoms with E-state index in [1.165, 1.54) is 0 Å². The molecular weight excluding hydrogens is 268 g/mol. The number of anilines is 1. The predicted molar refractivity (Wildman–Crippen MR) is 84.0 cm³/mol. The van der Waals surface area contributed by atoms with Gasteiger partial charge in [-0.05, 0) is 38.0 Å². The van der Waals surface area contributed by atoms with E-state index in [1.807, 2.05) is 32.9 Å². The lowest BCUT2D eigenvalue weighted by molar-refractivity contribution is -0.122. The zero-order valence-electron chi connectivity index (χ0n) is 12.8. The standard InChI is InChI=1S/C15H24N4O2/c1-4-9-17-14(20)11(3)18-10(2)12-5-7-13(8-6-12)19-15(16)21/h5-8,10-11,18H,4,9H2,1-3H3,(H,17,20)(H3,16,19,21). The summed E-state index contributed by atoms with van der Waals surface area (Å²) in [5, 5.41) is 8.61. The number of rotatable bonds is 7. The fourth-order valence-electron chi connectivity index (χ4n) is 1.95. The molecule has 0 saturated carbocycles. The maximum Gasteiger partial charge on any atom is 0.316 e. The third kappa shape index (κ3) is 5.83. The Kier molecular flexibility index (Phi) is 6.68. The number of primary amides is 1. The van der Waals surface area contributed by atoms with Crippen LogP contribution in [0.15, 0.2) is 24.3 Å². The van der Waals surface area contributed by atoms with E-state index in [9.17, 15) is 9.59 Å². The third-order valence-electron chi connectivity index (χ3n) is 3.12. The van der Waals surface area contributed by atoms with Gasteiger partial charge in [0.25, 0.3) is 0 Å². The van der Waals surface area contributed by atoms with Gasteiger partial charge in [-0.25, -0.2) is 4.79 Å². The first kappa shape index (κ1) is 17.0. The molecule has 1 rings (SSSR count). The van der Waals surface area contributed by atoms with E-state index in [4.69, 9.17) is 5.73 Å². The van der Waals surface area contributed by atoms with Gasteiger partial charge in [0.05, 0.1) is 6.04 Å². The minimum Gasteiger partial charge on any atom is -0.355 e. The predicted octanol–water partition coefficient (Wildman–Crippen LogP) is 1.74. The van der Waals surface area contributed by atoms with Gasteiger partial charge in [0.1, 0.15) is 0 Å². The summed E-state index contributed by atoms with van der Waals surface area (Å²) in [5.41, 5.74) is 6.73. The second kappa shape index (κ2) is 8.26. The highest BCUT2D eigenvalue weighted by Crippen LogP contribution is 2.16. The number of hydrogen-bond donors (Lipinski definition) is 4. The molecule has 0 radical (unpaired) electrons. The van der Waals surface area contributed by atoms with E-state index < -0.39 is 6.03 Å². The van der Waals surface area contributed by atoms with Crippen LogP contribution in [0.1, 0.15) is 38.8 Å². The highest BCUT2D eigenvalue weighted by molar-refractivity contribution is 5.87. The molecule has 21 heavy (non-hydrogen) atoms. The fraction of sp³-hybridized carbons (Fsp3) is 0.467. The molecule has 0 aliphatic rings. The number of hydrogen-bond acceptors (Lipinski definition) is 3. The second-order valence-corrected chi connectivity index (χ2v) is 5.01. The van der Waals surface area contributed by atoms with Gasteiger partial charge >= 0.3 is 6.03 Å². The average molecular weight is 292 g/mol. The van der Waals surface area contributed by atoms with E-state index in [1.54, 1.807) is 12.1 Å². The van der Waals surface area contributed by atoms with E-state index in [0.29, 0.717) is 12.2 Å². The van der Waals surface area contributed by atoms with Crippen molar-refractivity contribution in [2.45, 2.75) is 39.3 Å². The molecule has 0 spiro atoms. The molecule has 5 N–H and O–H groups in total. The molecule has 1 aromatic rings. The van der Waals surface area contributed by atoms with Gasteiger partial charge in [0, 0.05) is 18.3 Å². The van der Waals surface area contributed by atoms with Crippen molar-refractivity contribution in [3.05, 3.63) is 29.8 Å². The van der Waals surface area contributed by atoms with Crippen molar-refractivity contribution in [2.75, 3.05) is 11.9 Å². The van der Waals surface area contributed by atoms with Crippen molar-refractivity contribution >= 4 is 17.6 Å². The van der Waals surface area contributed by atoms with Gasteiger partial charge in [-0.1, -0.05) is 19.1 Å². The Hall–Kier alpha value is -2.08. The van der Waals surface area contributed by atoms with Crippen LogP contribution in [0.2, 0.25) is 0 Å². The van der Waals surface area contributed by atoms with E-state index >= 15 is 0 Å². The highest BCUT2D eigenvalue weighted by Gasteiger charge is 2.15. The molecule has 116 valence electrons. The maximum absolute atomic E-state index is 11.8. The molecule has 2 unspecified atom stereocenters. The normalized spacial score (nSPS) is 13.3. The largest absolute Gasteiger partial charge is 0.355 e. The SMILES string of the molecule is CCCNC(=O)C(C)NC(C)c1ccc(NC(N)=O)cc1. The summed E-state index contributed by atoms with van der Waals surface area (Å²) in [6, 6.07) is 6.50. The summed E-state index contributed by atoms with van der Waals surface area (Å²) in [7, 11) is 0. The van der Waals surface area contributed by atoms with Crippen molar-refractivity contribution in [3.63, 3.8) is 0 Å². The molecule has 0 saturated heterocycles. The smallest absolute Gasteiger partial charge is 0.316 e. The molecular formula is C15H24N4O2. The molecule has 6 nitrogen and oxygen atoms in total. The van der Waals surface area contributed by atoms with E-state index in [0.717, 1.165) is 12.0 Å². The lowest BCUT2D eigenvalue weighted by Crippen LogP contribution is -2.43. The number of carbonyl (C=O) groups excluding carboxylic acids is 2. The number of amides is 3. The van der Waals surface area contributed by atoms with Crippen LogP contribution in [-0.4, -0.2) is 24.5 Å². The number of benzene rings is 1. The molecule has 0 aliphatic carbocycles. The van der Waals surface area contributed by atoms with Crippen molar-refractivity contribution in [2.24, 2.45) is 5.73 Å². The van der Waals surface area contributed by atoms with Crippen LogP contribution in [0.3, 0.4) is 0 Å². The quantitative estimate of drug-likeness (QED) is 0.616. The van der Waals surface area contributed by atoms with Crippen LogP contribution in [0.5, 0.6) is 0 Å². The van der Waals surface area contributed by atoms with Gasteiger partial charge in [-0.3, -0.25) is 10.1 Å². The lowest BCUT2D eigenvalue weighted by atomic mass is 10.1. The molecule has 0 aromatic heterocycles. The van der Waals surface area contributed by atoms with Gasteiger partial charge in [-0.2, -0.15) is 0 Å². The Bertz CT molecular complexity index is 473. The molecule has 0 heterocycles. The maximum atomic E-state index is 11.8. The van der Waals surface area contributed by atoms with Crippen molar-refractivity contribution in [1.29, 1.82) is 0 Å². The summed E-state index contributed by atoms with van der Waals surface area (Å²) < 4.78 is 0. The minimum atomic E-state index is -0.588. The molecule has 0 fully saturated rings. The molecule has 0 bridgehead atoms. The minimum absolute atomic E-state index is 0.00397. The first-order chi connectivity index (χ1) is 9.93. The van der Waals surface area contributed by atoms with Crippen LogP contribution in [0.4, 0.5) is 10.5 Å². The van der Waals surface area contributed by atoms with Gasteiger partial charge in [0.15, 0.2) is 0 Å². The van der Waals surface area contributed by atoms with Crippen LogP contribution in [-0.2, 0) is 4.79 Å². The highest BCUT2D eigenvalue weighted by atomic mass is 16.2. The first-order valence-corrected chi connectivity index (χ1v) is 7.14. The van der Waals surface area contributed by atoms with Crippen molar-refractivity contribution in [3.8, 4) is 0 Å². The van der Waals surface area contributed by atoms with Crippen LogP contribution < -0.4 is 21.7 Å². The van der Waals surface area contributed by atoms with Crippen LogP contribution in [0, 0.1) is 0 Å². The molecule has 1 aromatic carbocycles. The Balaban J connectivity index is 2.56. The fourth-order valence-corrected chi connectivity index (χ4v) is 1.95. The first-order valence-electron chi connectivity index (χ1n) is 7.14. The molecule has 0 aliphatic heterocycles. The summed E-state index contributed by atoms with van der Waals surface area (Å²) in [6.45, 7) is 6.53. The second-order valence-electron chi connectivity index (χ2n) is 5.01. The summed E-state index contributed by atoms with van der Waals surface area (Å²) in [4.78, 5) is 22.6. The van der Waals surface area contributed by atoms with Crippen LogP contribution >= 0.6 is 0 Å².